The van der Waals surface area contributed by atoms with E-state index in [9.17, 15) is 4.79 Å². The summed E-state index contributed by atoms with van der Waals surface area (Å²) < 4.78 is 2.10. The summed E-state index contributed by atoms with van der Waals surface area (Å²) in [6.07, 6.45) is 2.73. The van der Waals surface area contributed by atoms with Gasteiger partial charge in [0, 0.05) is 44.7 Å². The van der Waals surface area contributed by atoms with Gasteiger partial charge in [-0.05, 0) is 6.92 Å². The molecule has 0 spiro atoms. The third kappa shape index (κ3) is 3.08. The summed E-state index contributed by atoms with van der Waals surface area (Å²) in [5.74, 6) is 1.78. The standard InChI is InChI=1S/C17H25N5O/c1-11-18-8-12(21(11)5)9-22-7-6-14-13(10-22)15(23)20-16(19-14)17(2,3)4/h8H,6-7,9-10H2,1-5H3,(H,19,20,23). The maximum Gasteiger partial charge on any atom is 0.255 e. The molecule has 23 heavy (non-hydrogen) atoms. The number of nitrogens with zero attached hydrogens (tertiary/aromatic N) is 4. The quantitative estimate of drug-likeness (QED) is 0.915. The molecular formula is C17H25N5O. The topological polar surface area (TPSA) is 66.8 Å². The molecule has 0 aliphatic carbocycles. The van der Waals surface area contributed by atoms with Crippen LogP contribution in [0, 0.1) is 6.92 Å². The zero-order valence-corrected chi connectivity index (χ0v) is 14.6. The van der Waals surface area contributed by atoms with Crippen LogP contribution in [0.1, 0.15) is 49.4 Å². The number of hydrogen-bond acceptors (Lipinski definition) is 4. The molecule has 1 N–H and O–H groups in total. The number of rotatable bonds is 2. The lowest BCUT2D eigenvalue weighted by molar-refractivity contribution is 0.235. The number of aromatic nitrogens is 4. The Kier molecular flexibility index (Phi) is 3.88. The molecule has 0 bridgehead atoms. The van der Waals surface area contributed by atoms with E-state index in [4.69, 9.17) is 4.98 Å². The average molecular weight is 315 g/mol. The van der Waals surface area contributed by atoms with Gasteiger partial charge in [0.25, 0.3) is 5.56 Å². The van der Waals surface area contributed by atoms with Crippen molar-refractivity contribution in [1.82, 2.24) is 24.4 Å². The van der Waals surface area contributed by atoms with Crippen molar-refractivity contribution < 1.29 is 0 Å². The van der Waals surface area contributed by atoms with Crippen LogP contribution >= 0.6 is 0 Å². The van der Waals surface area contributed by atoms with Crippen LogP contribution in [0.25, 0.3) is 0 Å². The van der Waals surface area contributed by atoms with E-state index < -0.39 is 0 Å². The molecular weight excluding hydrogens is 290 g/mol. The molecule has 0 amide bonds. The minimum Gasteiger partial charge on any atom is -0.334 e. The molecule has 3 rings (SSSR count). The van der Waals surface area contributed by atoms with Gasteiger partial charge in [0.15, 0.2) is 0 Å². The molecule has 0 radical (unpaired) electrons. The molecule has 2 aromatic rings. The molecule has 0 aromatic carbocycles. The summed E-state index contributed by atoms with van der Waals surface area (Å²) in [5, 5.41) is 0. The molecule has 6 nitrogen and oxygen atoms in total. The van der Waals surface area contributed by atoms with Gasteiger partial charge >= 0.3 is 0 Å². The fraction of sp³-hybridized carbons (Fsp3) is 0.588. The van der Waals surface area contributed by atoms with Crippen LogP contribution < -0.4 is 5.56 Å². The molecule has 0 saturated heterocycles. The Morgan fingerprint density at radius 1 is 1.35 bits per heavy atom. The molecule has 6 heteroatoms. The number of aromatic amines is 1. The second-order valence-corrected chi connectivity index (χ2v) is 7.41. The second-order valence-electron chi connectivity index (χ2n) is 7.41. The van der Waals surface area contributed by atoms with Crippen LogP contribution in [-0.4, -0.2) is 31.0 Å². The van der Waals surface area contributed by atoms with Crippen LogP contribution in [0.5, 0.6) is 0 Å². The van der Waals surface area contributed by atoms with E-state index in [1.54, 1.807) is 0 Å². The van der Waals surface area contributed by atoms with Gasteiger partial charge in [-0.25, -0.2) is 9.97 Å². The monoisotopic (exact) mass is 315 g/mol. The van der Waals surface area contributed by atoms with Crippen molar-refractivity contribution in [2.24, 2.45) is 7.05 Å². The Morgan fingerprint density at radius 2 is 2.09 bits per heavy atom. The molecule has 0 atom stereocenters. The van der Waals surface area contributed by atoms with E-state index in [0.717, 1.165) is 42.4 Å². The highest BCUT2D eigenvalue weighted by atomic mass is 16.1. The van der Waals surface area contributed by atoms with Gasteiger partial charge in [-0.3, -0.25) is 9.69 Å². The summed E-state index contributed by atoms with van der Waals surface area (Å²) in [5.41, 5.74) is 2.80. The van der Waals surface area contributed by atoms with E-state index in [0.29, 0.717) is 6.54 Å². The zero-order valence-electron chi connectivity index (χ0n) is 14.6. The summed E-state index contributed by atoms with van der Waals surface area (Å²) in [4.78, 5) is 26.8. The number of fused-ring (bicyclic) bond motifs is 1. The fourth-order valence-corrected chi connectivity index (χ4v) is 2.90. The van der Waals surface area contributed by atoms with Crippen molar-refractivity contribution in [3.05, 3.63) is 45.2 Å². The fourth-order valence-electron chi connectivity index (χ4n) is 2.90. The first-order valence-corrected chi connectivity index (χ1v) is 8.08. The second kappa shape index (κ2) is 5.60. The van der Waals surface area contributed by atoms with E-state index in [1.807, 2.05) is 20.2 Å². The Morgan fingerprint density at radius 3 is 2.70 bits per heavy atom. The molecule has 1 aliphatic rings. The Bertz CT molecular complexity index is 781. The first-order chi connectivity index (χ1) is 10.8. The molecule has 1 aliphatic heterocycles. The zero-order chi connectivity index (χ0) is 16.8. The Balaban J connectivity index is 1.84. The number of nitrogens with one attached hydrogen (secondary N) is 1. The van der Waals surface area contributed by atoms with Crippen molar-refractivity contribution in [1.29, 1.82) is 0 Å². The van der Waals surface area contributed by atoms with Crippen LogP contribution in [0.4, 0.5) is 0 Å². The van der Waals surface area contributed by atoms with Gasteiger partial charge in [0.1, 0.15) is 11.6 Å². The predicted molar refractivity (Wildman–Crippen MR) is 89.3 cm³/mol. The highest BCUT2D eigenvalue weighted by Crippen LogP contribution is 2.21. The van der Waals surface area contributed by atoms with Crippen LogP contribution in [0.15, 0.2) is 11.0 Å². The first kappa shape index (κ1) is 15.9. The lowest BCUT2D eigenvalue weighted by Crippen LogP contribution is -2.37. The number of aryl methyl sites for hydroxylation is 1. The van der Waals surface area contributed by atoms with Gasteiger partial charge in [0.05, 0.1) is 17.0 Å². The summed E-state index contributed by atoms with van der Waals surface area (Å²) >= 11 is 0. The molecule has 0 unspecified atom stereocenters. The third-order valence-corrected chi connectivity index (χ3v) is 4.56. The maximum absolute atomic E-state index is 12.5. The van der Waals surface area contributed by atoms with Crippen LogP contribution in [0.3, 0.4) is 0 Å². The van der Waals surface area contributed by atoms with Crippen molar-refractivity contribution in [3.8, 4) is 0 Å². The van der Waals surface area contributed by atoms with Crippen molar-refractivity contribution in [2.75, 3.05) is 6.54 Å². The molecule has 0 fully saturated rings. The van der Waals surface area contributed by atoms with E-state index in [1.165, 1.54) is 5.69 Å². The van der Waals surface area contributed by atoms with Gasteiger partial charge in [-0.2, -0.15) is 0 Å². The minimum atomic E-state index is -0.141. The largest absolute Gasteiger partial charge is 0.334 e. The van der Waals surface area contributed by atoms with Gasteiger partial charge in [-0.1, -0.05) is 20.8 Å². The van der Waals surface area contributed by atoms with E-state index >= 15 is 0 Å². The first-order valence-electron chi connectivity index (χ1n) is 8.08. The smallest absolute Gasteiger partial charge is 0.255 e. The normalized spacial score (nSPS) is 15.7. The van der Waals surface area contributed by atoms with Crippen LogP contribution in [0.2, 0.25) is 0 Å². The van der Waals surface area contributed by atoms with Crippen molar-refractivity contribution in [3.63, 3.8) is 0 Å². The number of imidazole rings is 1. The third-order valence-electron chi connectivity index (χ3n) is 4.56. The number of hydrogen-bond donors (Lipinski definition) is 1. The van der Waals surface area contributed by atoms with Gasteiger partial charge in [0.2, 0.25) is 0 Å². The summed E-state index contributed by atoms with van der Waals surface area (Å²) in [6.45, 7) is 10.6. The lowest BCUT2D eigenvalue weighted by atomic mass is 9.95. The van der Waals surface area contributed by atoms with Gasteiger partial charge < -0.3 is 9.55 Å². The lowest BCUT2D eigenvalue weighted by Gasteiger charge is -2.28. The van der Waals surface area contributed by atoms with Crippen molar-refractivity contribution >= 4 is 0 Å². The highest BCUT2D eigenvalue weighted by molar-refractivity contribution is 5.23. The Labute approximate surface area is 136 Å². The van der Waals surface area contributed by atoms with Crippen molar-refractivity contribution in [2.45, 2.75) is 52.6 Å². The molecule has 0 saturated carbocycles. The van der Waals surface area contributed by atoms with Crippen LogP contribution in [-0.2, 0) is 32.0 Å². The van der Waals surface area contributed by atoms with E-state index in [2.05, 4.69) is 40.2 Å². The SMILES string of the molecule is Cc1ncc(CN2CCc3nc(C(C)(C)C)[nH]c(=O)c3C2)n1C. The summed E-state index contributed by atoms with van der Waals surface area (Å²) in [6, 6.07) is 0. The number of H-pyrrole nitrogens is 1. The highest BCUT2D eigenvalue weighted by Gasteiger charge is 2.25. The minimum absolute atomic E-state index is 0.00538. The van der Waals surface area contributed by atoms with Gasteiger partial charge in [-0.15, -0.1) is 0 Å². The Hall–Kier alpha value is -1.95. The predicted octanol–water partition coefficient (Wildman–Crippen LogP) is 1.67. The maximum atomic E-state index is 12.5. The molecule has 124 valence electrons. The average Bonchev–Trinajstić information content (AvgIpc) is 2.79. The molecule has 3 heterocycles. The molecule has 2 aromatic heterocycles. The van der Waals surface area contributed by atoms with E-state index in [-0.39, 0.29) is 11.0 Å². The summed E-state index contributed by atoms with van der Waals surface area (Å²) in [7, 11) is 2.03.